The molecule has 0 spiro atoms. The fourth-order valence-electron chi connectivity index (χ4n) is 0. The lowest BCUT2D eigenvalue weighted by atomic mass is 10.9. The Hall–Kier alpha value is 1.77. The Morgan fingerprint density at radius 2 is 1.36 bits per heavy atom. The van der Waals surface area contributed by atoms with E-state index < -0.39 is 3.79 Å². The third-order valence-corrected chi connectivity index (χ3v) is 2.11. The average Bonchev–Trinajstić information content (AvgIpc) is 1.88. The van der Waals surface area contributed by atoms with Gasteiger partial charge in [0.2, 0.25) is 3.79 Å². The van der Waals surface area contributed by atoms with E-state index in [1.54, 1.807) is 0 Å². The van der Waals surface area contributed by atoms with Gasteiger partial charge < -0.3 is 0 Å². The first-order chi connectivity index (χ1) is 4.83. The largest absolute Gasteiger partial charge is 0.203 e. The lowest BCUT2D eigenvalue weighted by Gasteiger charge is -2.00. The molecule has 0 aliphatic carbocycles. The summed E-state index contributed by atoms with van der Waals surface area (Å²) >= 11 is 35.3. The van der Waals surface area contributed by atoms with Gasteiger partial charge in [0, 0.05) is 5.54 Å². The normalized spacial score (nSPS) is 9.73. The number of rotatable bonds is 0. The van der Waals surface area contributed by atoms with Crippen molar-refractivity contribution in [2.45, 2.75) is 3.79 Å². The molecule has 0 heterocycles. The van der Waals surface area contributed by atoms with Crippen LogP contribution in [0.15, 0.2) is 10.0 Å². The Kier molecular flexibility index (Phi) is 11.6. The van der Waals surface area contributed by atoms with Gasteiger partial charge in [0.25, 0.3) is 0 Å². The summed E-state index contributed by atoms with van der Waals surface area (Å²) in [4.78, 5) is 0. The predicted octanol–water partition coefficient (Wildman–Crippen LogP) is 5.10. The molecule has 7 heteroatoms. The molecule has 0 saturated heterocycles. The molecule has 0 saturated carbocycles. The van der Waals surface area contributed by atoms with Crippen LogP contribution < -0.4 is 0 Å². The molecule has 0 aromatic heterocycles. The molecule has 0 N–H and O–H groups in total. The second kappa shape index (κ2) is 8.37. The van der Waals surface area contributed by atoms with E-state index in [0.29, 0.717) is 0 Å². The van der Waals surface area contributed by atoms with Gasteiger partial charge in [-0.25, -0.2) is 0 Å². The maximum Gasteiger partial charge on any atom is 0.203 e. The van der Waals surface area contributed by atoms with E-state index in [-0.39, 0.29) is 10.4 Å². The van der Waals surface area contributed by atoms with Gasteiger partial charge in [0.15, 0.2) is 0 Å². The molecule has 0 aromatic carbocycles. The lowest BCUT2D eigenvalue weighted by Crippen LogP contribution is -2.01. The Balaban J connectivity index is 0. The van der Waals surface area contributed by atoms with Crippen molar-refractivity contribution >= 4 is 81.2 Å². The Morgan fingerprint density at radius 1 is 1.18 bits per heavy atom. The van der Waals surface area contributed by atoms with Gasteiger partial charge in [-0.1, -0.05) is 69.6 Å². The maximum absolute atomic E-state index is 5.12. The third kappa shape index (κ3) is 24.5. The molecule has 0 aliphatic rings. The Morgan fingerprint density at radius 3 is 1.36 bits per heavy atom. The highest BCUT2D eigenvalue weighted by Crippen LogP contribution is 2.26. The molecular formula is C4H3Cl7. The minimum absolute atomic E-state index is 0.0394. The number of halogens is 7. The highest BCUT2D eigenvalue weighted by molar-refractivity contribution is 6.69. The molecule has 0 radical (unpaired) electrons. The first kappa shape index (κ1) is 15.3. The van der Waals surface area contributed by atoms with E-state index in [1.807, 2.05) is 0 Å². The van der Waals surface area contributed by atoms with Crippen LogP contribution in [0.5, 0.6) is 0 Å². The summed E-state index contributed by atoms with van der Waals surface area (Å²) in [5.74, 6) is 0.0394. The van der Waals surface area contributed by atoms with Crippen molar-refractivity contribution in [2.24, 2.45) is 0 Å². The number of alkyl halides is 4. The topological polar surface area (TPSA) is 0 Å². The van der Waals surface area contributed by atoms with E-state index in [4.69, 9.17) is 81.2 Å². The zero-order valence-corrected chi connectivity index (χ0v) is 10.2. The molecule has 0 unspecified atom stereocenters. The van der Waals surface area contributed by atoms with Crippen LogP contribution in [0.1, 0.15) is 0 Å². The highest BCUT2D eigenvalue weighted by Gasteiger charge is 2.16. The van der Waals surface area contributed by atoms with Crippen molar-refractivity contribution in [3.63, 3.8) is 0 Å². The Bertz CT molecular complexity index is 108. The summed E-state index contributed by atoms with van der Waals surface area (Å²) in [6.45, 7) is 0. The predicted molar refractivity (Wildman–Crippen MR) is 56.7 cm³/mol. The number of hydrogen-bond acceptors (Lipinski definition) is 0. The lowest BCUT2D eigenvalue weighted by molar-refractivity contribution is 1.28. The van der Waals surface area contributed by atoms with Crippen LogP contribution in [0.25, 0.3) is 0 Å². The van der Waals surface area contributed by atoms with E-state index in [2.05, 4.69) is 0 Å². The van der Waals surface area contributed by atoms with E-state index in [0.717, 1.165) is 5.54 Å². The van der Waals surface area contributed by atoms with Gasteiger partial charge in [-0.3, -0.25) is 0 Å². The van der Waals surface area contributed by atoms with Gasteiger partial charge in [0.05, 0.1) is 5.88 Å². The van der Waals surface area contributed by atoms with Crippen LogP contribution in [-0.2, 0) is 0 Å². The van der Waals surface area contributed by atoms with Crippen LogP contribution in [0.2, 0.25) is 0 Å². The highest BCUT2D eigenvalue weighted by atomic mass is 35.6. The monoisotopic (exact) mass is 296 g/mol. The van der Waals surface area contributed by atoms with Crippen LogP contribution >= 0.6 is 81.2 Å². The second-order valence-electron chi connectivity index (χ2n) is 1.15. The van der Waals surface area contributed by atoms with Crippen LogP contribution in [0.3, 0.4) is 0 Å². The molecular weight excluding hydrogens is 296 g/mol. The molecule has 0 amide bonds. The molecule has 0 aliphatic heterocycles. The Labute approximate surface area is 100 Å². The van der Waals surface area contributed by atoms with Gasteiger partial charge in [-0.05, 0) is 0 Å². The van der Waals surface area contributed by atoms with Gasteiger partial charge >= 0.3 is 0 Å². The molecule has 0 atom stereocenters. The molecule has 0 fully saturated rings. The molecule has 0 aromatic rings. The average molecular weight is 299 g/mol. The fraction of sp³-hybridized carbons (Fsp3) is 0.500. The summed E-state index contributed by atoms with van der Waals surface area (Å²) in [7, 11) is 0. The van der Waals surface area contributed by atoms with Crippen LogP contribution in [-0.4, -0.2) is 9.67 Å². The fourth-order valence-corrected chi connectivity index (χ4v) is 0. The summed E-state index contributed by atoms with van der Waals surface area (Å²) in [5.41, 5.74) is 1.09. The summed E-state index contributed by atoms with van der Waals surface area (Å²) < 4.78 is -1.19. The van der Waals surface area contributed by atoms with Crippen molar-refractivity contribution in [3.8, 4) is 0 Å². The first-order valence-corrected chi connectivity index (χ1v) is 4.93. The molecule has 0 nitrogen and oxygen atoms in total. The van der Waals surface area contributed by atoms with E-state index in [9.17, 15) is 0 Å². The summed E-state index contributed by atoms with van der Waals surface area (Å²) in [6, 6.07) is 0. The van der Waals surface area contributed by atoms with Crippen LogP contribution in [0, 0.1) is 0 Å². The van der Waals surface area contributed by atoms with Crippen molar-refractivity contribution in [1.29, 1.82) is 0 Å². The van der Waals surface area contributed by atoms with Crippen molar-refractivity contribution in [3.05, 3.63) is 10.0 Å². The van der Waals surface area contributed by atoms with Crippen molar-refractivity contribution in [2.75, 3.05) is 5.88 Å². The zero-order chi connectivity index (χ0) is 9.49. The van der Waals surface area contributed by atoms with Crippen molar-refractivity contribution < 1.29 is 0 Å². The standard InChI is InChI=1S/C2H2Cl4.C2HCl3/c3-1-2(4,5)6;3-1-2(4)5/h1H2;1H. The number of hydrogen-bond donors (Lipinski definition) is 0. The van der Waals surface area contributed by atoms with E-state index in [1.165, 1.54) is 0 Å². The first-order valence-electron chi connectivity index (χ1n) is 2.07. The second-order valence-corrected chi connectivity index (χ2v) is 5.16. The molecule has 68 valence electrons. The van der Waals surface area contributed by atoms with Gasteiger partial charge in [-0.15, -0.1) is 11.6 Å². The minimum atomic E-state index is -1.28. The molecule has 11 heavy (non-hydrogen) atoms. The zero-order valence-electron chi connectivity index (χ0n) is 4.93. The molecule has 0 bridgehead atoms. The quantitative estimate of drug-likeness (QED) is 0.546. The smallest absolute Gasteiger partial charge is 0.122 e. The van der Waals surface area contributed by atoms with Gasteiger partial charge in [0.1, 0.15) is 4.49 Å². The molecule has 0 rings (SSSR count). The van der Waals surface area contributed by atoms with E-state index >= 15 is 0 Å². The SMILES string of the molecule is ClC=C(Cl)Cl.ClCC(Cl)(Cl)Cl. The van der Waals surface area contributed by atoms with Gasteiger partial charge in [-0.2, -0.15) is 0 Å². The van der Waals surface area contributed by atoms with Crippen LogP contribution in [0.4, 0.5) is 0 Å². The summed E-state index contributed by atoms with van der Waals surface area (Å²) in [5, 5.41) is 0. The summed E-state index contributed by atoms with van der Waals surface area (Å²) in [6.07, 6.45) is 0. The maximum atomic E-state index is 5.12. The van der Waals surface area contributed by atoms with Crippen molar-refractivity contribution in [1.82, 2.24) is 0 Å². The minimum Gasteiger partial charge on any atom is -0.122 e. The third-order valence-electron chi connectivity index (χ3n) is 0.234.